The maximum absolute atomic E-state index is 12.5. The Hall–Kier alpha value is -3.04. The second-order valence-corrected chi connectivity index (χ2v) is 8.34. The molecular formula is C19H13N3O4S2. The summed E-state index contributed by atoms with van der Waals surface area (Å²) in [6, 6.07) is 11.0. The van der Waals surface area contributed by atoms with Crippen LogP contribution in [0.25, 0.3) is 15.4 Å². The van der Waals surface area contributed by atoms with Gasteiger partial charge in [-0.2, -0.15) is 9.61 Å². The lowest BCUT2D eigenvalue weighted by Gasteiger charge is -2.16. The molecule has 3 aromatic heterocycles. The molecule has 0 spiro atoms. The third-order valence-electron chi connectivity index (χ3n) is 4.27. The molecule has 0 atom stereocenters. The molecule has 140 valence electrons. The molecular weight excluding hydrogens is 398 g/mol. The van der Waals surface area contributed by atoms with Gasteiger partial charge < -0.3 is 9.47 Å². The second-order valence-electron chi connectivity index (χ2n) is 6.25. The van der Waals surface area contributed by atoms with Crippen LogP contribution in [-0.4, -0.2) is 20.6 Å². The molecule has 1 aliphatic rings. The summed E-state index contributed by atoms with van der Waals surface area (Å²) >= 11 is 2.62. The number of aryl methyl sites for hydroxylation is 1. The van der Waals surface area contributed by atoms with Gasteiger partial charge in [0.1, 0.15) is 23.8 Å². The second kappa shape index (κ2) is 6.54. The van der Waals surface area contributed by atoms with Crippen molar-refractivity contribution in [2.24, 2.45) is 0 Å². The first-order chi connectivity index (χ1) is 13.6. The Kier molecular flexibility index (Phi) is 3.99. The molecule has 7 nitrogen and oxygen atoms in total. The zero-order valence-corrected chi connectivity index (χ0v) is 16.3. The van der Waals surface area contributed by atoms with Gasteiger partial charge in [-0.25, -0.2) is 9.78 Å². The van der Waals surface area contributed by atoms with Crippen LogP contribution >= 0.6 is 22.7 Å². The van der Waals surface area contributed by atoms with E-state index in [1.807, 2.05) is 30.3 Å². The Morgan fingerprint density at radius 1 is 1.29 bits per heavy atom. The van der Waals surface area contributed by atoms with Crippen LogP contribution in [0.5, 0.6) is 5.75 Å². The van der Waals surface area contributed by atoms with Crippen LogP contribution in [0.3, 0.4) is 0 Å². The number of fused-ring (bicyclic) bond motifs is 4. The van der Waals surface area contributed by atoms with Crippen molar-refractivity contribution < 1.29 is 14.3 Å². The van der Waals surface area contributed by atoms with E-state index in [4.69, 9.17) is 9.47 Å². The smallest absolute Gasteiger partial charge is 0.348 e. The summed E-state index contributed by atoms with van der Waals surface area (Å²) in [7, 11) is 0. The highest BCUT2D eigenvalue weighted by Crippen LogP contribution is 2.42. The first kappa shape index (κ1) is 17.1. The van der Waals surface area contributed by atoms with E-state index in [-0.39, 0.29) is 12.2 Å². The molecule has 0 fully saturated rings. The van der Waals surface area contributed by atoms with Crippen LogP contribution in [0.15, 0.2) is 41.2 Å². The Morgan fingerprint density at radius 2 is 2.14 bits per heavy atom. The normalized spacial score (nSPS) is 12.3. The number of nitrogens with zero attached hydrogens (tertiary/aromatic N) is 3. The van der Waals surface area contributed by atoms with Crippen molar-refractivity contribution in [1.29, 1.82) is 0 Å². The molecule has 5 rings (SSSR count). The standard InChI is InChI=1S/C19H13N3O4S2/c1-10-6-16(23)22-19(20-10)28-15(21-22)9-26-18(24)14-7-11-8-25-13-5-3-2-4-12(13)17(11)27-14/h2-7H,8-9H2,1H3. The number of thiophene rings is 1. The van der Waals surface area contributed by atoms with Crippen LogP contribution < -0.4 is 10.3 Å². The van der Waals surface area contributed by atoms with Gasteiger partial charge in [0, 0.05) is 27.8 Å². The highest BCUT2D eigenvalue weighted by molar-refractivity contribution is 7.17. The quantitative estimate of drug-likeness (QED) is 0.480. The molecule has 1 aliphatic heterocycles. The Balaban J connectivity index is 1.37. The number of para-hydroxylation sites is 1. The van der Waals surface area contributed by atoms with E-state index in [0.29, 0.717) is 27.1 Å². The highest BCUT2D eigenvalue weighted by Gasteiger charge is 2.23. The van der Waals surface area contributed by atoms with Crippen molar-refractivity contribution in [2.75, 3.05) is 0 Å². The van der Waals surface area contributed by atoms with E-state index >= 15 is 0 Å². The average molecular weight is 411 g/mol. The van der Waals surface area contributed by atoms with Crippen molar-refractivity contribution >= 4 is 33.6 Å². The van der Waals surface area contributed by atoms with E-state index in [0.717, 1.165) is 21.8 Å². The summed E-state index contributed by atoms with van der Waals surface area (Å²) in [5, 5.41) is 4.69. The number of esters is 1. The van der Waals surface area contributed by atoms with Crippen molar-refractivity contribution in [2.45, 2.75) is 20.1 Å². The van der Waals surface area contributed by atoms with Gasteiger partial charge in [-0.15, -0.1) is 11.3 Å². The van der Waals surface area contributed by atoms with Gasteiger partial charge in [-0.05, 0) is 25.1 Å². The number of carbonyl (C=O) groups excluding carboxylic acids is 1. The van der Waals surface area contributed by atoms with Crippen LogP contribution in [0.2, 0.25) is 0 Å². The third-order valence-corrected chi connectivity index (χ3v) is 6.34. The molecule has 4 aromatic rings. The molecule has 0 saturated carbocycles. The summed E-state index contributed by atoms with van der Waals surface area (Å²) in [6.45, 7) is 2.17. The van der Waals surface area contributed by atoms with E-state index in [9.17, 15) is 9.59 Å². The molecule has 0 bridgehead atoms. The summed E-state index contributed by atoms with van der Waals surface area (Å²) in [5.41, 5.74) is 2.34. The Labute approximate surface area is 166 Å². The molecule has 0 radical (unpaired) electrons. The third kappa shape index (κ3) is 2.88. The minimum absolute atomic E-state index is 0.0129. The van der Waals surface area contributed by atoms with Crippen LogP contribution in [0.1, 0.15) is 25.9 Å². The molecule has 0 amide bonds. The van der Waals surface area contributed by atoms with Crippen molar-refractivity contribution in [3.05, 3.63) is 67.9 Å². The van der Waals surface area contributed by atoms with E-state index in [1.165, 1.54) is 33.3 Å². The summed E-state index contributed by atoms with van der Waals surface area (Å²) in [5.74, 6) is 0.395. The van der Waals surface area contributed by atoms with Crippen molar-refractivity contribution in [1.82, 2.24) is 14.6 Å². The number of hydrogen-bond acceptors (Lipinski definition) is 8. The topological polar surface area (TPSA) is 82.8 Å². The predicted molar refractivity (Wildman–Crippen MR) is 105 cm³/mol. The van der Waals surface area contributed by atoms with Crippen molar-refractivity contribution in [3.63, 3.8) is 0 Å². The number of ether oxygens (including phenoxy) is 2. The molecule has 9 heteroatoms. The first-order valence-corrected chi connectivity index (χ1v) is 10.1. The van der Waals surface area contributed by atoms with Gasteiger partial charge in [-0.1, -0.05) is 23.5 Å². The fourth-order valence-corrected chi connectivity index (χ4v) is 4.97. The average Bonchev–Trinajstić information content (AvgIpc) is 3.30. The highest BCUT2D eigenvalue weighted by atomic mass is 32.1. The maximum Gasteiger partial charge on any atom is 0.348 e. The molecule has 0 saturated heterocycles. The van der Waals surface area contributed by atoms with Gasteiger partial charge in [0.2, 0.25) is 4.96 Å². The molecule has 0 N–H and O–H groups in total. The predicted octanol–water partition coefficient (Wildman–Crippen LogP) is 3.44. The lowest BCUT2D eigenvalue weighted by molar-refractivity contribution is 0.0477. The Morgan fingerprint density at radius 3 is 3.04 bits per heavy atom. The van der Waals surface area contributed by atoms with Gasteiger partial charge in [-0.3, -0.25) is 4.79 Å². The van der Waals surface area contributed by atoms with E-state index in [1.54, 1.807) is 6.92 Å². The van der Waals surface area contributed by atoms with Crippen LogP contribution in [0.4, 0.5) is 0 Å². The molecule has 1 aromatic carbocycles. The van der Waals surface area contributed by atoms with E-state index < -0.39 is 5.97 Å². The van der Waals surface area contributed by atoms with Gasteiger partial charge in [0.15, 0.2) is 5.01 Å². The van der Waals surface area contributed by atoms with E-state index in [2.05, 4.69) is 10.1 Å². The summed E-state index contributed by atoms with van der Waals surface area (Å²) in [4.78, 5) is 30.8. The van der Waals surface area contributed by atoms with Gasteiger partial charge in [0.05, 0.1) is 0 Å². The zero-order valence-electron chi connectivity index (χ0n) is 14.7. The van der Waals surface area contributed by atoms with Crippen molar-refractivity contribution in [3.8, 4) is 16.2 Å². The molecule has 4 heterocycles. The first-order valence-electron chi connectivity index (χ1n) is 8.47. The van der Waals surface area contributed by atoms with Gasteiger partial charge in [0.25, 0.3) is 5.56 Å². The summed E-state index contributed by atoms with van der Waals surface area (Å²) in [6.07, 6.45) is 0. The number of rotatable bonds is 3. The zero-order chi connectivity index (χ0) is 19.3. The minimum Gasteiger partial charge on any atom is -0.488 e. The monoisotopic (exact) mass is 411 g/mol. The molecule has 0 aliphatic carbocycles. The lowest BCUT2D eigenvalue weighted by atomic mass is 10.1. The Bertz CT molecular complexity index is 1290. The number of carbonyl (C=O) groups is 1. The lowest BCUT2D eigenvalue weighted by Crippen LogP contribution is -2.14. The molecule has 0 unspecified atom stereocenters. The SMILES string of the molecule is Cc1cc(=O)n2nc(COC(=O)c3cc4c(s3)-c3ccccc3OC4)sc2n1. The van der Waals surface area contributed by atoms with Gasteiger partial charge >= 0.3 is 5.97 Å². The number of hydrogen-bond donors (Lipinski definition) is 0. The fraction of sp³-hybridized carbons (Fsp3) is 0.158. The fourth-order valence-electron chi connectivity index (χ4n) is 3.02. The van der Waals surface area contributed by atoms with Crippen LogP contribution in [-0.2, 0) is 18.0 Å². The minimum atomic E-state index is -0.423. The van der Waals surface area contributed by atoms with Crippen LogP contribution in [0, 0.1) is 6.92 Å². The number of aromatic nitrogens is 3. The maximum atomic E-state index is 12.5. The largest absolute Gasteiger partial charge is 0.488 e. The molecule has 28 heavy (non-hydrogen) atoms. The summed E-state index contributed by atoms with van der Waals surface area (Å²) < 4.78 is 12.4. The number of benzene rings is 1.